The largest absolute Gasteiger partial charge is 0.455 e. The van der Waals surface area contributed by atoms with E-state index in [9.17, 15) is 9.00 Å². The zero-order valence-corrected chi connectivity index (χ0v) is 16.5. The Balaban J connectivity index is 1.53. The third-order valence-corrected chi connectivity index (χ3v) is 5.48. The van der Waals surface area contributed by atoms with Crippen LogP contribution < -0.4 is 5.32 Å². The van der Waals surface area contributed by atoms with Crippen LogP contribution in [0.3, 0.4) is 0 Å². The molecule has 0 aliphatic heterocycles. The van der Waals surface area contributed by atoms with Gasteiger partial charge in [-0.05, 0) is 42.3 Å². The number of carbonyl (C=O) groups excluding carboxylic acids is 1. The number of nitrogens with one attached hydrogen (secondary N) is 1. The monoisotopic (exact) mass is 401 g/mol. The zero-order chi connectivity index (χ0) is 19.2. The molecule has 1 N–H and O–H groups in total. The maximum Gasteiger partial charge on any atom is 0.287 e. The normalized spacial score (nSPS) is 11.9. The summed E-state index contributed by atoms with van der Waals surface area (Å²) in [6.07, 6.45) is 0. The van der Waals surface area contributed by atoms with Crippen LogP contribution in [-0.2, 0) is 28.9 Å². The summed E-state index contributed by atoms with van der Waals surface area (Å²) in [5, 5.41) is 3.41. The van der Waals surface area contributed by atoms with Gasteiger partial charge in [-0.15, -0.1) is 0 Å². The molecule has 1 aromatic heterocycles. The maximum absolute atomic E-state index is 12.3. The molecule has 3 rings (SSSR count). The third-order valence-electron chi connectivity index (χ3n) is 3.98. The lowest BCUT2D eigenvalue weighted by molar-refractivity contribution is 0.0921. The maximum atomic E-state index is 12.3. The molecule has 1 heterocycles. The molecule has 27 heavy (non-hydrogen) atoms. The van der Waals surface area contributed by atoms with E-state index in [1.807, 2.05) is 43.3 Å². The molecule has 0 saturated carbocycles. The number of hydrogen-bond donors (Lipinski definition) is 1. The van der Waals surface area contributed by atoms with Crippen LogP contribution in [0, 0.1) is 6.92 Å². The number of carbonyl (C=O) groups is 1. The average Bonchev–Trinajstić information content (AvgIpc) is 3.10. The van der Waals surface area contributed by atoms with Gasteiger partial charge < -0.3 is 9.73 Å². The molecule has 0 aliphatic rings. The van der Waals surface area contributed by atoms with E-state index >= 15 is 0 Å². The lowest BCUT2D eigenvalue weighted by atomic mass is 10.2. The molecule has 0 radical (unpaired) electrons. The van der Waals surface area contributed by atoms with Gasteiger partial charge in [0.05, 0.1) is 5.75 Å². The summed E-state index contributed by atoms with van der Waals surface area (Å²) in [6, 6.07) is 18.5. The highest BCUT2D eigenvalue weighted by Crippen LogP contribution is 2.14. The first kappa shape index (κ1) is 19.4. The summed E-state index contributed by atoms with van der Waals surface area (Å²) in [7, 11) is -1.10. The number of furan rings is 1. The van der Waals surface area contributed by atoms with Crippen molar-refractivity contribution in [2.75, 3.05) is 0 Å². The quantitative estimate of drug-likeness (QED) is 0.628. The molecule has 140 valence electrons. The molecule has 1 amide bonds. The highest BCUT2D eigenvalue weighted by Gasteiger charge is 2.13. The average molecular weight is 402 g/mol. The summed E-state index contributed by atoms with van der Waals surface area (Å²) >= 11 is 5.93. The number of aryl methyl sites for hydroxylation is 1. The smallest absolute Gasteiger partial charge is 0.287 e. The van der Waals surface area contributed by atoms with E-state index in [0.717, 1.165) is 11.1 Å². The van der Waals surface area contributed by atoms with Gasteiger partial charge in [0.1, 0.15) is 5.76 Å². The van der Waals surface area contributed by atoms with Gasteiger partial charge in [-0.2, -0.15) is 0 Å². The van der Waals surface area contributed by atoms with E-state index in [1.54, 1.807) is 24.3 Å². The molecule has 6 heteroatoms. The number of hydrogen-bond acceptors (Lipinski definition) is 3. The highest BCUT2D eigenvalue weighted by atomic mass is 35.5. The van der Waals surface area contributed by atoms with Gasteiger partial charge in [0.2, 0.25) is 0 Å². The highest BCUT2D eigenvalue weighted by molar-refractivity contribution is 7.83. The van der Waals surface area contributed by atoms with Crippen molar-refractivity contribution >= 4 is 28.3 Å². The van der Waals surface area contributed by atoms with E-state index in [-0.39, 0.29) is 17.4 Å². The molecular weight excluding hydrogens is 382 g/mol. The Hall–Kier alpha value is -2.37. The van der Waals surface area contributed by atoms with Crippen LogP contribution in [0.2, 0.25) is 5.02 Å². The van der Waals surface area contributed by atoms with Crippen molar-refractivity contribution in [3.05, 3.63) is 93.9 Å². The van der Waals surface area contributed by atoms with E-state index in [2.05, 4.69) is 5.32 Å². The van der Waals surface area contributed by atoms with E-state index in [4.69, 9.17) is 16.0 Å². The Kier molecular flexibility index (Phi) is 6.48. The fourth-order valence-corrected chi connectivity index (χ4v) is 3.93. The Morgan fingerprint density at radius 2 is 1.81 bits per heavy atom. The van der Waals surface area contributed by atoms with Crippen molar-refractivity contribution < 1.29 is 13.4 Å². The Bertz CT molecular complexity index is 950. The number of halogens is 1. The van der Waals surface area contributed by atoms with Crippen molar-refractivity contribution in [1.29, 1.82) is 0 Å². The standard InChI is InChI=1S/C21H20ClNO3S/c1-15-5-7-16(8-6-15)13-27(25)14-19-9-10-20(26-19)21(24)23-12-17-3-2-4-18(22)11-17/h2-11H,12-14H2,1H3,(H,23,24)/t27-/m1/s1. The van der Waals surface area contributed by atoms with E-state index in [0.29, 0.717) is 23.1 Å². The molecular formula is C21H20ClNO3S. The van der Waals surface area contributed by atoms with Crippen LogP contribution in [0.1, 0.15) is 33.0 Å². The second-order valence-corrected chi connectivity index (χ2v) is 8.19. The van der Waals surface area contributed by atoms with Gasteiger partial charge in [0.15, 0.2) is 5.76 Å². The molecule has 0 saturated heterocycles. The topological polar surface area (TPSA) is 59.3 Å². The summed E-state index contributed by atoms with van der Waals surface area (Å²) in [5.74, 6) is 1.16. The second-order valence-electron chi connectivity index (χ2n) is 6.29. The number of amides is 1. The minimum Gasteiger partial charge on any atom is -0.455 e. The SMILES string of the molecule is Cc1ccc(C[S@@](=O)Cc2ccc(C(=O)NCc3cccc(Cl)c3)o2)cc1. The van der Waals surface area contributed by atoms with Crippen LogP contribution in [-0.4, -0.2) is 10.1 Å². The number of benzene rings is 2. The fourth-order valence-electron chi connectivity index (χ4n) is 2.57. The van der Waals surface area contributed by atoms with Gasteiger partial charge >= 0.3 is 0 Å². The van der Waals surface area contributed by atoms with Crippen LogP contribution >= 0.6 is 11.6 Å². The lowest BCUT2D eigenvalue weighted by Crippen LogP contribution is -2.22. The van der Waals surface area contributed by atoms with Gasteiger partial charge in [-0.25, -0.2) is 0 Å². The summed E-state index contributed by atoms with van der Waals surface area (Å²) in [6.45, 7) is 2.37. The van der Waals surface area contributed by atoms with Crippen molar-refractivity contribution in [2.24, 2.45) is 0 Å². The van der Waals surface area contributed by atoms with E-state index in [1.165, 1.54) is 5.56 Å². The van der Waals surface area contributed by atoms with Crippen LogP contribution in [0.25, 0.3) is 0 Å². The molecule has 4 nitrogen and oxygen atoms in total. The third kappa shape index (κ3) is 5.81. The lowest BCUT2D eigenvalue weighted by Gasteiger charge is -2.04. The van der Waals surface area contributed by atoms with Crippen LogP contribution in [0.15, 0.2) is 65.1 Å². The number of rotatable bonds is 7. The first-order valence-corrected chi connectivity index (χ1v) is 10.4. The Morgan fingerprint density at radius 1 is 1.04 bits per heavy atom. The van der Waals surface area contributed by atoms with Gasteiger partial charge in [-0.3, -0.25) is 9.00 Å². The molecule has 0 aliphatic carbocycles. The van der Waals surface area contributed by atoms with Crippen molar-refractivity contribution in [2.45, 2.75) is 25.0 Å². The molecule has 0 spiro atoms. The van der Waals surface area contributed by atoms with Gasteiger partial charge in [-0.1, -0.05) is 53.6 Å². The van der Waals surface area contributed by atoms with Gasteiger partial charge in [0, 0.05) is 28.1 Å². The summed E-state index contributed by atoms with van der Waals surface area (Å²) < 4.78 is 17.9. The Morgan fingerprint density at radius 3 is 2.56 bits per heavy atom. The predicted octanol–water partition coefficient (Wildman–Crippen LogP) is 4.62. The molecule has 0 unspecified atom stereocenters. The zero-order valence-electron chi connectivity index (χ0n) is 14.9. The fraction of sp³-hybridized carbons (Fsp3) is 0.190. The van der Waals surface area contributed by atoms with Crippen molar-refractivity contribution in [1.82, 2.24) is 5.32 Å². The molecule has 3 aromatic rings. The van der Waals surface area contributed by atoms with Gasteiger partial charge in [0.25, 0.3) is 5.91 Å². The molecule has 1 atom stereocenters. The Labute approximate surface area is 166 Å². The minimum absolute atomic E-state index is 0.208. The summed E-state index contributed by atoms with van der Waals surface area (Å²) in [4.78, 5) is 12.2. The molecule has 2 aromatic carbocycles. The van der Waals surface area contributed by atoms with Crippen LogP contribution in [0.5, 0.6) is 0 Å². The van der Waals surface area contributed by atoms with Crippen molar-refractivity contribution in [3.63, 3.8) is 0 Å². The first-order chi connectivity index (χ1) is 13.0. The van der Waals surface area contributed by atoms with Crippen molar-refractivity contribution in [3.8, 4) is 0 Å². The minimum atomic E-state index is -1.10. The molecule has 0 bridgehead atoms. The van der Waals surface area contributed by atoms with E-state index < -0.39 is 10.8 Å². The predicted molar refractivity (Wildman–Crippen MR) is 108 cm³/mol. The second kappa shape index (κ2) is 9.02. The summed E-state index contributed by atoms with van der Waals surface area (Å²) in [5.41, 5.74) is 3.09. The first-order valence-electron chi connectivity index (χ1n) is 8.51. The van der Waals surface area contributed by atoms with Crippen LogP contribution in [0.4, 0.5) is 0 Å². The molecule has 0 fully saturated rings.